The highest BCUT2D eigenvalue weighted by molar-refractivity contribution is 7.18. The number of methoxy groups -OCH3 is 1. The molecule has 0 atom stereocenters. The zero-order valence-electron chi connectivity index (χ0n) is 19.0. The largest absolute Gasteiger partial charge is 0.496 e. The first-order valence-electron chi connectivity index (χ1n) is 10.4. The van der Waals surface area contributed by atoms with Crippen molar-refractivity contribution >= 4 is 40.2 Å². The summed E-state index contributed by atoms with van der Waals surface area (Å²) in [5.74, 6) is -1.82. The van der Waals surface area contributed by atoms with Gasteiger partial charge < -0.3 is 24.3 Å². The molecule has 2 aromatic rings. The summed E-state index contributed by atoms with van der Waals surface area (Å²) in [6, 6.07) is 7.30. The summed E-state index contributed by atoms with van der Waals surface area (Å²) in [6.07, 6.45) is 0.456. The molecule has 0 radical (unpaired) electrons. The van der Waals surface area contributed by atoms with E-state index in [1.807, 2.05) is 18.2 Å². The second-order valence-electron chi connectivity index (χ2n) is 6.72. The molecule has 0 aliphatic heterocycles. The van der Waals surface area contributed by atoms with Crippen molar-refractivity contribution in [2.24, 2.45) is 0 Å². The van der Waals surface area contributed by atoms with E-state index >= 15 is 0 Å². The number of carbonyl (C=O) groups excluding carboxylic acids is 4. The maximum atomic E-state index is 12.4. The summed E-state index contributed by atoms with van der Waals surface area (Å²) in [5, 5.41) is 2.66. The molecule has 1 N–H and O–H groups in total. The molecule has 0 fully saturated rings. The van der Waals surface area contributed by atoms with Gasteiger partial charge in [-0.25, -0.2) is 9.59 Å². The highest BCUT2D eigenvalue weighted by atomic mass is 32.1. The second-order valence-corrected chi connectivity index (χ2v) is 7.74. The zero-order chi connectivity index (χ0) is 24.4. The number of benzene rings is 1. The van der Waals surface area contributed by atoms with Gasteiger partial charge >= 0.3 is 17.9 Å². The van der Waals surface area contributed by atoms with Gasteiger partial charge in [0.1, 0.15) is 15.6 Å². The van der Waals surface area contributed by atoms with Crippen LogP contribution in [0.1, 0.15) is 51.4 Å². The maximum Gasteiger partial charge on any atom is 0.348 e. The molecule has 1 heterocycles. The van der Waals surface area contributed by atoms with Gasteiger partial charge in [0.2, 0.25) is 0 Å². The van der Waals surface area contributed by atoms with E-state index in [4.69, 9.17) is 18.9 Å². The van der Waals surface area contributed by atoms with E-state index in [0.717, 1.165) is 16.9 Å². The number of rotatable bonds is 11. The third kappa shape index (κ3) is 7.04. The van der Waals surface area contributed by atoms with Crippen molar-refractivity contribution in [1.82, 2.24) is 0 Å². The molecule has 0 spiro atoms. The van der Waals surface area contributed by atoms with Gasteiger partial charge in [-0.1, -0.05) is 18.2 Å². The van der Waals surface area contributed by atoms with E-state index in [1.54, 1.807) is 33.9 Å². The van der Waals surface area contributed by atoms with Crippen molar-refractivity contribution in [3.8, 4) is 5.75 Å². The van der Waals surface area contributed by atoms with Crippen molar-refractivity contribution in [2.75, 3.05) is 32.2 Å². The Labute approximate surface area is 196 Å². The number of nitrogens with one attached hydrogen (secondary N) is 1. The average molecular weight is 478 g/mol. The molecule has 0 aliphatic rings. The fourth-order valence-electron chi connectivity index (χ4n) is 2.97. The van der Waals surface area contributed by atoms with Crippen LogP contribution in [0.5, 0.6) is 5.75 Å². The number of amides is 1. The molecule has 1 amide bonds. The summed E-state index contributed by atoms with van der Waals surface area (Å²) in [5.41, 5.74) is 1.27. The average Bonchev–Trinajstić information content (AvgIpc) is 3.12. The van der Waals surface area contributed by atoms with Crippen LogP contribution < -0.4 is 10.1 Å². The number of ether oxygens (including phenoxy) is 4. The predicted molar refractivity (Wildman–Crippen MR) is 122 cm³/mol. The van der Waals surface area contributed by atoms with Gasteiger partial charge in [-0.2, -0.15) is 0 Å². The van der Waals surface area contributed by atoms with Crippen LogP contribution in [0, 0.1) is 6.92 Å². The van der Waals surface area contributed by atoms with Crippen molar-refractivity contribution < 1.29 is 38.1 Å². The van der Waals surface area contributed by atoms with Crippen LogP contribution >= 0.6 is 11.3 Å². The second kappa shape index (κ2) is 12.6. The summed E-state index contributed by atoms with van der Waals surface area (Å²) in [4.78, 5) is 49.2. The van der Waals surface area contributed by atoms with Crippen LogP contribution in [-0.2, 0) is 30.2 Å². The molecular weight excluding hydrogens is 450 g/mol. The molecular formula is C23H27NO8S. The van der Waals surface area contributed by atoms with Crippen molar-refractivity contribution in [3.63, 3.8) is 0 Å². The number of thiophene rings is 1. The lowest BCUT2D eigenvalue weighted by molar-refractivity contribution is -0.147. The standard InChI is InChI=1S/C23H27NO8S/c1-5-30-22(27)19-14(3)20(23(28)31-6-2)33-21(19)24-17(25)13-32-18(26)12-11-15-9-7-8-10-16(15)29-4/h7-10H,5-6,11-13H2,1-4H3,(H,24,25). The summed E-state index contributed by atoms with van der Waals surface area (Å²) in [6.45, 7) is 4.63. The minimum Gasteiger partial charge on any atom is -0.496 e. The number of para-hydroxylation sites is 1. The lowest BCUT2D eigenvalue weighted by atomic mass is 10.1. The van der Waals surface area contributed by atoms with Crippen molar-refractivity contribution in [2.45, 2.75) is 33.6 Å². The molecule has 1 aromatic heterocycles. The minimum absolute atomic E-state index is 0.0623. The fraction of sp³-hybridized carbons (Fsp3) is 0.391. The lowest BCUT2D eigenvalue weighted by Crippen LogP contribution is -2.22. The molecule has 0 aliphatic carbocycles. The van der Waals surface area contributed by atoms with Crippen molar-refractivity contribution in [1.29, 1.82) is 0 Å². The van der Waals surface area contributed by atoms with Gasteiger partial charge in [0.15, 0.2) is 6.61 Å². The number of aryl methyl sites for hydroxylation is 1. The van der Waals surface area contributed by atoms with Crippen LogP contribution in [-0.4, -0.2) is 50.7 Å². The van der Waals surface area contributed by atoms with Gasteiger partial charge in [0, 0.05) is 6.42 Å². The number of anilines is 1. The van der Waals surface area contributed by atoms with Gasteiger partial charge in [-0.05, 0) is 44.4 Å². The molecule has 33 heavy (non-hydrogen) atoms. The van der Waals surface area contributed by atoms with E-state index in [9.17, 15) is 19.2 Å². The van der Waals surface area contributed by atoms with Crippen LogP contribution in [0.4, 0.5) is 5.00 Å². The molecule has 1 aromatic carbocycles. The number of hydrogen-bond acceptors (Lipinski definition) is 9. The summed E-state index contributed by atoms with van der Waals surface area (Å²) in [7, 11) is 1.55. The maximum absolute atomic E-state index is 12.4. The first kappa shape index (κ1) is 25.9. The Morgan fingerprint density at radius 3 is 2.30 bits per heavy atom. The van der Waals surface area contributed by atoms with E-state index in [0.29, 0.717) is 17.7 Å². The molecule has 0 saturated carbocycles. The van der Waals surface area contributed by atoms with Gasteiger partial charge in [-0.3, -0.25) is 9.59 Å². The Morgan fingerprint density at radius 2 is 1.64 bits per heavy atom. The Balaban J connectivity index is 2.02. The van der Waals surface area contributed by atoms with E-state index in [2.05, 4.69) is 5.32 Å². The molecule has 2 rings (SSSR count). The number of esters is 3. The van der Waals surface area contributed by atoms with Crippen LogP contribution in [0.2, 0.25) is 0 Å². The zero-order valence-corrected chi connectivity index (χ0v) is 19.8. The topological polar surface area (TPSA) is 117 Å². The van der Waals surface area contributed by atoms with E-state index in [-0.39, 0.29) is 35.1 Å². The highest BCUT2D eigenvalue weighted by Gasteiger charge is 2.27. The molecule has 10 heteroatoms. The summed E-state index contributed by atoms with van der Waals surface area (Å²) >= 11 is 0.901. The van der Waals surface area contributed by atoms with Gasteiger partial charge in [0.25, 0.3) is 5.91 Å². The molecule has 0 bridgehead atoms. The Morgan fingerprint density at radius 1 is 0.970 bits per heavy atom. The Bertz CT molecular complexity index is 1010. The normalized spacial score (nSPS) is 10.3. The predicted octanol–water partition coefficient (Wildman–Crippen LogP) is 3.53. The summed E-state index contributed by atoms with van der Waals surface area (Å²) < 4.78 is 20.3. The van der Waals surface area contributed by atoms with Gasteiger partial charge in [0.05, 0.1) is 25.9 Å². The quantitative estimate of drug-likeness (QED) is 0.386. The van der Waals surface area contributed by atoms with Crippen molar-refractivity contribution in [3.05, 3.63) is 45.8 Å². The Kier molecular flexibility index (Phi) is 9.86. The number of hydrogen-bond donors (Lipinski definition) is 1. The SMILES string of the molecule is CCOC(=O)c1sc(NC(=O)COC(=O)CCc2ccccc2OC)c(C(=O)OCC)c1C. The first-order chi connectivity index (χ1) is 15.8. The third-order valence-corrected chi connectivity index (χ3v) is 5.68. The Hall–Kier alpha value is -3.40. The van der Waals surface area contributed by atoms with Crippen LogP contribution in [0.3, 0.4) is 0 Å². The fourth-order valence-corrected chi connectivity index (χ4v) is 4.07. The van der Waals surface area contributed by atoms with Crippen LogP contribution in [0.15, 0.2) is 24.3 Å². The van der Waals surface area contributed by atoms with E-state index < -0.39 is 30.4 Å². The third-order valence-electron chi connectivity index (χ3n) is 4.50. The molecule has 9 nitrogen and oxygen atoms in total. The molecule has 178 valence electrons. The van der Waals surface area contributed by atoms with Gasteiger partial charge in [-0.15, -0.1) is 11.3 Å². The first-order valence-corrected chi connectivity index (χ1v) is 11.2. The smallest absolute Gasteiger partial charge is 0.348 e. The van der Waals surface area contributed by atoms with E-state index in [1.165, 1.54) is 0 Å². The monoisotopic (exact) mass is 477 g/mol. The minimum atomic E-state index is -0.675. The van der Waals surface area contributed by atoms with Crippen LogP contribution in [0.25, 0.3) is 0 Å². The highest BCUT2D eigenvalue weighted by Crippen LogP contribution is 2.34. The lowest BCUT2D eigenvalue weighted by Gasteiger charge is -2.09. The molecule has 0 unspecified atom stereocenters. The number of carbonyl (C=O) groups is 4. The molecule has 0 saturated heterocycles.